The van der Waals surface area contributed by atoms with Crippen LogP contribution in [0.15, 0.2) is 79.1 Å². The third kappa shape index (κ3) is 6.22. The Labute approximate surface area is 243 Å². The number of ether oxygens (including phenoxy) is 3. The highest BCUT2D eigenvalue weighted by atomic mass is 32.2. The van der Waals surface area contributed by atoms with Crippen LogP contribution in [-0.4, -0.2) is 81.7 Å². The Bertz CT molecular complexity index is 1390. The molecule has 3 aliphatic heterocycles. The van der Waals surface area contributed by atoms with Gasteiger partial charge in [0.1, 0.15) is 11.8 Å². The number of morpholine rings is 2. The molecule has 2 N–H and O–H groups in total. The Morgan fingerprint density at radius 2 is 1.95 bits per heavy atom. The molecule has 0 spiro atoms. The highest BCUT2D eigenvalue weighted by Crippen LogP contribution is 2.51. The fourth-order valence-corrected chi connectivity index (χ4v) is 8.08. The summed E-state index contributed by atoms with van der Waals surface area (Å²) in [5.41, 5.74) is 2.92. The maximum Gasteiger partial charge on any atom is 0.271 e. The third-order valence-electron chi connectivity index (χ3n) is 7.48. The molecule has 2 aromatic carbocycles. The van der Waals surface area contributed by atoms with E-state index in [0.29, 0.717) is 32.0 Å². The quantitative estimate of drug-likeness (QED) is 0.308. The fourth-order valence-electron chi connectivity index (χ4n) is 5.63. The molecule has 0 saturated carbocycles. The molecule has 8 nitrogen and oxygen atoms in total. The summed E-state index contributed by atoms with van der Waals surface area (Å²) in [7, 11) is 1.76. The van der Waals surface area contributed by atoms with Gasteiger partial charge < -0.3 is 29.4 Å². The van der Waals surface area contributed by atoms with Gasteiger partial charge in [-0.15, -0.1) is 0 Å². The van der Waals surface area contributed by atoms with Crippen molar-refractivity contribution in [1.29, 1.82) is 0 Å². The molecular weight excluding hydrogens is 544 g/mol. The van der Waals surface area contributed by atoms with Gasteiger partial charge in [0.15, 0.2) is 0 Å². The lowest BCUT2D eigenvalue weighted by atomic mass is 10.1. The summed E-state index contributed by atoms with van der Waals surface area (Å²) in [6.45, 7) is 8.30. The number of hydrogen-bond acceptors (Lipinski definition) is 9. The van der Waals surface area contributed by atoms with Crippen molar-refractivity contribution in [2.45, 2.75) is 44.8 Å². The lowest BCUT2D eigenvalue weighted by Crippen LogP contribution is -2.47. The molecule has 0 bridgehead atoms. The first-order valence-electron chi connectivity index (χ1n) is 13.8. The van der Waals surface area contributed by atoms with E-state index in [1.54, 1.807) is 13.3 Å². The summed E-state index contributed by atoms with van der Waals surface area (Å²) >= 11 is 3.62. The van der Waals surface area contributed by atoms with Crippen LogP contribution in [0.3, 0.4) is 0 Å². The molecule has 10 heteroatoms. The highest BCUT2D eigenvalue weighted by molar-refractivity contribution is 8.05. The molecule has 0 aliphatic carbocycles. The average Bonchev–Trinajstić information content (AvgIpc) is 2.96. The van der Waals surface area contributed by atoms with Gasteiger partial charge in [0.2, 0.25) is 0 Å². The number of fused-ring (bicyclic) bond motifs is 2. The van der Waals surface area contributed by atoms with Crippen molar-refractivity contribution in [2.24, 2.45) is 0 Å². The van der Waals surface area contributed by atoms with Crippen LogP contribution in [0.5, 0.6) is 0 Å². The average molecular weight is 581 g/mol. The number of nitrogens with zero attached hydrogens (tertiary/aromatic N) is 2. The number of rotatable bonds is 8. The maximum atomic E-state index is 12.4. The summed E-state index contributed by atoms with van der Waals surface area (Å²) in [5, 5.41) is 3.72. The van der Waals surface area contributed by atoms with Gasteiger partial charge in [-0.2, -0.15) is 0 Å². The Kier molecular flexibility index (Phi) is 8.71. The highest BCUT2D eigenvalue weighted by Gasteiger charge is 2.29. The number of aromatic nitrogens is 1. The minimum atomic E-state index is -0.100. The SMILES string of the molecule is COC[C@H](CN1CCO[C@@H](C)C1)Nc1ccc2c(c1)Sc1cccc(C3CN(c4ccc[nH]c4=O)CCO3)c1S2. The molecule has 1 unspecified atom stereocenters. The van der Waals surface area contributed by atoms with Crippen molar-refractivity contribution in [1.82, 2.24) is 9.88 Å². The molecule has 3 atom stereocenters. The van der Waals surface area contributed by atoms with E-state index >= 15 is 0 Å². The molecule has 2 fully saturated rings. The smallest absolute Gasteiger partial charge is 0.271 e. The van der Waals surface area contributed by atoms with E-state index in [1.165, 1.54) is 25.1 Å². The minimum absolute atomic E-state index is 0.0613. The Morgan fingerprint density at radius 1 is 1.05 bits per heavy atom. The van der Waals surface area contributed by atoms with E-state index in [-0.39, 0.29) is 23.8 Å². The van der Waals surface area contributed by atoms with Gasteiger partial charge in [-0.05, 0) is 48.9 Å². The van der Waals surface area contributed by atoms with Gasteiger partial charge >= 0.3 is 0 Å². The van der Waals surface area contributed by atoms with Gasteiger partial charge in [-0.3, -0.25) is 9.69 Å². The van der Waals surface area contributed by atoms with Crippen molar-refractivity contribution in [2.75, 3.05) is 69.9 Å². The first-order valence-corrected chi connectivity index (χ1v) is 15.5. The van der Waals surface area contributed by atoms with Gasteiger partial charge in [0.25, 0.3) is 5.56 Å². The number of pyridine rings is 1. The number of benzene rings is 2. The summed E-state index contributed by atoms with van der Waals surface area (Å²) in [6, 6.07) is 17.1. The van der Waals surface area contributed by atoms with Crippen molar-refractivity contribution < 1.29 is 14.2 Å². The van der Waals surface area contributed by atoms with E-state index in [9.17, 15) is 4.79 Å². The van der Waals surface area contributed by atoms with Gasteiger partial charge in [0.05, 0.1) is 32.0 Å². The third-order valence-corrected chi connectivity index (χ3v) is 10.1. The zero-order chi connectivity index (χ0) is 27.5. The molecule has 0 radical (unpaired) electrons. The second-order valence-corrected chi connectivity index (χ2v) is 12.6. The Morgan fingerprint density at radius 3 is 2.80 bits per heavy atom. The van der Waals surface area contributed by atoms with E-state index in [0.717, 1.165) is 31.9 Å². The number of H-pyrrole nitrogens is 1. The van der Waals surface area contributed by atoms with E-state index in [2.05, 4.69) is 63.4 Å². The first-order chi connectivity index (χ1) is 19.6. The van der Waals surface area contributed by atoms with Crippen LogP contribution in [0.1, 0.15) is 18.6 Å². The number of anilines is 2. The summed E-state index contributed by atoms with van der Waals surface area (Å²) in [6.07, 6.45) is 1.84. The van der Waals surface area contributed by atoms with Crippen molar-refractivity contribution >= 4 is 34.9 Å². The van der Waals surface area contributed by atoms with E-state index in [4.69, 9.17) is 14.2 Å². The lowest BCUT2D eigenvalue weighted by Gasteiger charge is -2.35. The number of methoxy groups -OCH3 is 1. The molecule has 6 rings (SSSR count). The van der Waals surface area contributed by atoms with Crippen LogP contribution in [0, 0.1) is 0 Å². The molecule has 3 aliphatic rings. The maximum absolute atomic E-state index is 12.4. The van der Waals surface area contributed by atoms with Crippen LogP contribution in [0.4, 0.5) is 11.4 Å². The Balaban J connectivity index is 1.17. The minimum Gasteiger partial charge on any atom is -0.383 e. The predicted molar refractivity (Wildman–Crippen MR) is 160 cm³/mol. The summed E-state index contributed by atoms with van der Waals surface area (Å²) in [5.74, 6) is 0. The number of hydrogen-bond donors (Lipinski definition) is 2. The number of nitrogens with one attached hydrogen (secondary N) is 2. The second-order valence-electron chi connectivity index (χ2n) is 10.5. The molecule has 0 amide bonds. The van der Waals surface area contributed by atoms with Gasteiger partial charge in [-0.1, -0.05) is 35.7 Å². The molecule has 212 valence electrons. The normalized spacial score (nSPS) is 21.9. The van der Waals surface area contributed by atoms with Crippen LogP contribution >= 0.6 is 23.5 Å². The summed E-state index contributed by atoms with van der Waals surface area (Å²) < 4.78 is 17.5. The van der Waals surface area contributed by atoms with Crippen LogP contribution in [0.25, 0.3) is 0 Å². The molecule has 3 aromatic rings. The molecular formula is C30H36N4O4S2. The molecule has 40 heavy (non-hydrogen) atoms. The van der Waals surface area contributed by atoms with Crippen LogP contribution in [0.2, 0.25) is 0 Å². The first kappa shape index (κ1) is 27.7. The largest absolute Gasteiger partial charge is 0.383 e. The second kappa shape index (κ2) is 12.6. The standard InChI is InChI=1S/C30H36N4O4S2/c1-20-16-33(11-13-37-20)17-22(19-36-2)32-21-8-9-26-28(15-21)39-27-7-3-5-23(29(27)40-26)25-18-34(12-14-38-25)24-6-4-10-31-30(24)35/h3-10,15,20,22,25,32H,11-14,16-19H2,1-2H3,(H,31,35)/t20-,22-,25?/m0/s1. The van der Waals surface area contributed by atoms with Crippen molar-refractivity contribution in [3.05, 3.63) is 70.6 Å². The molecule has 4 heterocycles. The van der Waals surface area contributed by atoms with Crippen LogP contribution in [-0.2, 0) is 14.2 Å². The monoisotopic (exact) mass is 580 g/mol. The van der Waals surface area contributed by atoms with Gasteiger partial charge in [-0.25, -0.2) is 0 Å². The predicted octanol–water partition coefficient (Wildman–Crippen LogP) is 4.72. The molecule has 2 saturated heterocycles. The Hall–Kier alpha value is -2.47. The van der Waals surface area contributed by atoms with E-state index in [1.807, 2.05) is 35.7 Å². The molecule has 1 aromatic heterocycles. The zero-order valence-electron chi connectivity index (χ0n) is 22.9. The summed E-state index contributed by atoms with van der Waals surface area (Å²) in [4.78, 5) is 24.8. The number of aromatic amines is 1. The zero-order valence-corrected chi connectivity index (χ0v) is 24.6. The van der Waals surface area contributed by atoms with Crippen molar-refractivity contribution in [3.63, 3.8) is 0 Å². The van der Waals surface area contributed by atoms with E-state index < -0.39 is 0 Å². The lowest BCUT2D eigenvalue weighted by molar-refractivity contribution is -0.0213. The van der Waals surface area contributed by atoms with Gasteiger partial charge in [0, 0.05) is 71.3 Å². The van der Waals surface area contributed by atoms with Crippen molar-refractivity contribution in [3.8, 4) is 0 Å². The van der Waals surface area contributed by atoms with Crippen LogP contribution < -0.4 is 15.8 Å². The topological polar surface area (TPSA) is 79.1 Å². The fraction of sp³-hybridized carbons (Fsp3) is 0.433.